The van der Waals surface area contributed by atoms with E-state index >= 15 is 0 Å². The maximum Gasteiger partial charge on any atom is 0.266 e. The van der Waals surface area contributed by atoms with Crippen LogP contribution in [-0.2, 0) is 4.79 Å². The molecule has 1 aromatic heterocycles. The number of carbonyl (C=O) groups excluding carboxylic acids is 1. The highest BCUT2D eigenvalue weighted by Crippen LogP contribution is 2.30. The largest absolute Gasteiger partial charge is 0.457 e. The summed E-state index contributed by atoms with van der Waals surface area (Å²) in [4.78, 5) is 12.4. The van der Waals surface area contributed by atoms with Crippen LogP contribution in [0.15, 0.2) is 69.1 Å². The molecule has 0 radical (unpaired) electrons. The Labute approximate surface area is 174 Å². The van der Waals surface area contributed by atoms with Crippen molar-refractivity contribution in [1.29, 1.82) is 5.26 Å². The number of rotatable bonds is 4. The lowest BCUT2D eigenvalue weighted by atomic mass is 10.2. The van der Waals surface area contributed by atoms with Crippen molar-refractivity contribution < 1.29 is 9.21 Å². The van der Waals surface area contributed by atoms with E-state index in [0.29, 0.717) is 22.2 Å². The first kappa shape index (κ1) is 19.2. The molecule has 0 bridgehead atoms. The van der Waals surface area contributed by atoms with E-state index in [-0.39, 0.29) is 10.6 Å². The van der Waals surface area contributed by atoms with Gasteiger partial charge in [0.1, 0.15) is 23.2 Å². The Morgan fingerprint density at radius 2 is 1.85 bits per heavy atom. The first-order valence-electron chi connectivity index (χ1n) is 7.71. The molecule has 0 spiro atoms. The third kappa shape index (κ3) is 4.61. The molecule has 0 saturated carbocycles. The minimum Gasteiger partial charge on any atom is -0.457 e. The molecule has 2 aromatic carbocycles. The number of furan rings is 1. The molecule has 1 heterocycles. The van der Waals surface area contributed by atoms with Crippen LogP contribution in [0.1, 0.15) is 5.76 Å². The van der Waals surface area contributed by atoms with E-state index in [2.05, 4.69) is 21.2 Å². The first-order chi connectivity index (χ1) is 13.0. The van der Waals surface area contributed by atoms with Crippen molar-refractivity contribution in [2.24, 2.45) is 0 Å². The number of nitriles is 1. The van der Waals surface area contributed by atoms with Crippen molar-refractivity contribution in [3.63, 3.8) is 0 Å². The summed E-state index contributed by atoms with van der Waals surface area (Å²) in [5.74, 6) is 0.407. The molecule has 0 aliphatic rings. The van der Waals surface area contributed by atoms with Gasteiger partial charge in [-0.05, 0) is 36.4 Å². The smallest absolute Gasteiger partial charge is 0.266 e. The van der Waals surface area contributed by atoms with Crippen LogP contribution in [0, 0.1) is 11.3 Å². The molecule has 0 saturated heterocycles. The third-order valence-corrected chi connectivity index (χ3v) is 4.95. The molecule has 0 aliphatic heterocycles. The third-order valence-electron chi connectivity index (χ3n) is 3.61. The maximum atomic E-state index is 12.4. The van der Waals surface area contributed by atoms with E-state index in [1.807, 2.05) is 30.3 Å². The molecule has 4 nitrogen and oxygen atoms in total. The molecule has 0 fully saturated rings. The first-order valence-corrected chi connectivity index (χ1v) is 9.26. The van der Waals surface area contributed by atoms with Crippen LogP contribution in [0.5, 0.6) is 0 Å². The fraction of sp³-hybridized carbons (Fsp3) is 0. The van der Waals surface area contributed by atoms with Crippen molar-refractivity contribution in [3.05, 3.63) is 80.4 Å². The molecular weight excluding hydrogens is 451 g/mol. The number of anilines is 1. The SMILES string of the molecule is N#C/C(=C\c1ccc(-c2ccc(Br)cc2)o1)C(=O)Nc1cccc(Cl)c1Cl. The lowest BCUT2D eigenvalue weighted by molar-refractivity contribution is -0.112. The van der Waals surface area contributed by atoms with Gasteiger partial charge in [0.2, 0.25) is 0 Å². The summed E-state index contributed by atoms with van der Waals surface area (Å²) < 4.78 is 6.67. The van der Waals surface area contributed by atoms with Crippen LogP contribution in [-0.4, -0.2) is 5.91 Å². The number of nitrogens with one attached hydrogen (secondary N) is 1. The van der Waals surface area contributed by atoms with Gasteiger partial charge in [-0.2, -0.15) is 5.26 Å². The molecule has 1 amide bonds. The Kier molecular flexibility index (Phi) is 6.02. The summed E-state index contributed by atoms with van der Waals surface area (Å²) >= 11 is 15.4. The van der Waals surface area contributed by atoms with Crippen molar-refractivity contribution in [3.8, 4) is 17.4 Å². The number of hydrogen-bond acceptors (Lipinski definition) is 3. The predicted octanol–water partition coefficient (Wildman–Crippen LogP) is 6.56. The van der Waals surface area contributed by atoms with Gasteiger partial charge in [0.25, 0.3) is 5.91 Å². The molecule has 0 unspecified atom stereocenters. The lowest BCUT2D eigenvalue weighted by Gasteiger charge is -2.07. The number of hydrogen-bond donors (Lipinski definition) is 1. The Morgan fingerprint density at radius 1 is 1.11 bits per heavy atom. The van der Waals surface area contributed by atoms with Crippen molar-refractivity contribution in [2.45, 2.75) is 0 Å². The summed E-state index contributed by atoms with van der Waals surface area (Å²) in [7, 11) is 0. The van der Waals surface area contributed by atoms with E-state index < -0.39 is 5.91 Å². The summed E-state index contributed by atoms with van der Waals surface area (Å²) in [5, 5.41) is 12.4. The zero-order valence-corrected chi connectivity index (χ0v) is 16.8. The molecular formula is C20H11BrCl2N2O2. The molecule has 7 heteroatoms. The quantitative estimate of drug-likeness (QED) is 0.353. The van der Waals surface area contributed by atoms with Crippen LogP contribution in [0.2, 0.25) is 10.0 Å². The normalized spacial score (nSPS) is 11.1. The van der Waals surface area contributed by atoms with Crippen molar-refractivity contribution in [1.82, 2.24) is 0 Å². The highest BCUT2D eigenvalue weighted by molar-refractivity contribution is 9.10. The number of nitrogens with zero attached hydrogens (tertiary/aromatic N) is 1. The standard InChI is InChI=1S/C20H11BrCl2N2O2/c21-14-6-4-12(5-7-14)18-9-8-15(27-18)10-13(11-24)20(26)25-17-3-1-2-16(22)19(17)23/h1-10H,(H,25,26)/b13-10+. The van der Waals surface area contributed by atoms with E-state index in [9.17, 15) is 10.1 Å². The second-order valence-electron chi connectivity index (χ2n) is 5.43. The van der Waals surface area contributed by atoms with Gasteiger partial charge in [0.15, 0.2) is 0 Å². The molecule has 3 aromatic rings. The molecule has 0 aliphatic carbocycles. The van der Waals surface area contributed by atoms with Gasteiger partial charge in [0.05, 0.1) is 15.7 Å². The second-order valence-corrected chi connectivity index (χ2v) is 7.14. The van der Waals surface area contributed by atoms with Crippen LogP contribution < -0.4 is 5.32 Å². The lowest BCUT2D eigenvalue weighted by Crippen LogP contribution is -2.13. The van der Waals surface area contributed by atoms with Gasteiger partial charge in [-0.25, -0.2) is 0 Å². The van der Waals surface area contributed by atoms with E-state index in [1.165, 1.54) is 6.08 Å². The average molecular weight is 462 g/mol. The van der Waals surface area contributed by atoms with Crippen LogP contribution in [0.4, 0.5) is 5.69 Å². The molecule has 3 rings (SSSR count). The fourth-order valence-corrected chi connectivity index (χ4v) is 2.89. The zero-order valence-electron chi connectivity index (χ0n) is 13.7. The minimum atomic E-state index is -0.608. The summed E-state index contributed by atoms with van der Waals surface area (Å²) in [6.45, 7) is 0. The van der Waals surface area contributed by atoms with E-state index in [4.69, 9.17) is 27.6 Å². The highest BCUT2D eigenvalue weighted by atomic mass is 79.9. The summed E-state index contributed by atoms with van der Waals surface area (Å²) in [5.41, 5.74) is 1.08. The Hall–Kier alpha value is -2.52. The predicted molar refractivity (Wildman–Crippen MR) is 111 cm³/mol. The van der Waals surface area contributed by atoms with Crippen molar-refractivity contribution in [2.75, 3.05) is 5.32 Å². The van der Waals surface area contributed by atoms with Crippen molar-refractivity contribution >= 4 is 56.8 Å². The molecule has 1 N–H and O–H groups in total. The Bertz CT molecular complexity index is 1070. The Balaban J connectivity index is 1.82. The fourth-order valence-electron chi connectivity index (χ4n) is 2.28. The van der Waals surface area contributed by atoms with Gasteiger partial charge >= 0.3 is 0 Å². The molecule has 134 valence electrons. The molecule has 27 heavy (non-hydrogen) atoms. The topological polar surface area (TPSA) is 66.0 Å². The monoisotopic (exact) mass is 460 g/mol. The van der Waals surface area contributed by atoms with Gasteiger partial charge in [0, 0.05) is 16.1 Å². The number of carbonyl (C=O) groups is 1. The highest BCUT2D eigenvalue weighted by Gasteiger charge is 2.14. The minimum absolute atomic E-state index is 0.122. The maximum absolute atomic E-state index is 12.4. The van der Waals surface area contributed by atoms with Gasteiger partial charge in [-0.15, -0.1) is 0 Å². The van der Waals surface area contributed by atoms with Gasteiger partial charge in [-0.3, -0.25) is 4.79 Å². The van der Waals surface area contributed by atoms with Crippen LogP contribution in [0.25, 0.3) is 17.4 Å². The van der Waals surface area contributed by atoms with Crippen LogP contribution in [0.3, 0.4) is 0 Å². The second kappa shape index (κ2) is 8.45. The van der Waals surface area contributed by atoms with E-state index in [1.54, 1.807) is 30.3 Å². The summed E-state index contributed by atoms with van der Waals surface area (Å²) in [6, 6.07) is 17.8. The van der Waals surface area contributed by atoms with Crippen LogP contribution >= 0.6 is 39.1 Å². The number of benzene rings is 2. The number of amides is 1. The zero-order chi connectivity index (χ0) is 19.4. The van der Waals surface area contributed by atoms with Gasteiger partial charge in [-0.1, -0.05) is 57.3 Å². The average Bonchev–Trinajstić information content (AvgIpc) is 3.12. The summed E-state index contributed by atoms with van der Waals surface area (Å²) in [6.07, 6.45) is 1.37. The number of halogens is 3. The van der Waals surface area contributed by atoms with E-state index in [0.717, 1.165) is 10.0 Å². The molecule has 0 atom stereocenters. The van der Waals surface area contributed by atoms with Gasteiger partial charge < -0.3 is 9.73 Å². The Morgan fingerprint density at radius 3 is 2.56 bits per heavy atom.